The molecule has 102 valence electrons. The van der Waals surface area contributed by atoms with Crippen molar-refractivity contribution in [3.8, 4) is 0 Å². The number of aryl methyl sites for hydroxylation is 1. The van der Waals surface area contributed by atoms with Crippen LogP contribution in [0.4, 0.5) is 11.4 Å². The second-order valence-electron chi connectivity index (χ2n) is 4.47. The van der Waals surface area contributed by atoms with Gasteiger partial charge in [0.25, 0.3) is 0 Å². The summed E-state index contributed by atoms with van der Waals surface area (Å²) >= 11 is 0. The SMILES string of the molecule is Cc1cc(NC2C=CS(=O)(=O)C2)cc(C(=O)O)c1N. The topological polar surface area (TPSA) is 109 Å². The zero-order valence-corrected chi connectivity index (χ0v) is 11.1. The summed E-state index contributed by atoms with van der Waals surface area (Å²) in [6, 6.07) is 2.75. The van der Waals surface area contributed by atoms with E-state index >= 15 is 0 Å². The summed E-state index contributed by atoms with van der Waals surface area (Å²) in [6.45, 7) is 1.70. The summed E-state index contributed by atoms with van der Waals surface area (Å²) in [5.74, 6) is -1.14. The monoisotopic (exact) mass is 282 g/mol. The Morgan fingerprint density at radius 1 is 1.47 bits per heavy atom. The first-order valence-corrected chi connectivity index (χ1v) is 7.31. The molecular formula is C12H14N2O4S. The van der Waals surface area contributed by atoms with Gasteiger partial charge in [-0.2, -0.15) is 0 Å². The first-order chi connectivity index (χ1) is 8.78. The van der Waals surface area contributed by atoms with Gasteiger partial charge in [0, 0.05) is 16.8 Å². The van der Waals surface area contributed by atoms with Gasteiger partial charge in [-0.1, -0.05) is 6.08 Å². The smallest absolute Gasteiger partial charge is 0.337 e. The lowest BCUT2D eigenvalue weighted by molar-refractivity contribution is 0.0698. The highest BCUT2D eigenvalue weighted by Gasteiger charge is 2.22. The summed E-state index contributed by atoms with van der Waals surface area (Å²) in [7, 11) is -3.14. The highest BCUT2D eigenvalue weighted by Crippen LogP contribution is 2.24. The van der Waals surface area contributed by atoms with Gasteiger partial charge >= 0.3 is 5.97 Å². The van der Waals surface area contributed by atoms with E-state index in [0.717, 1.165) is 5.41 Å². The summed E-state index contributed by atoms with van der Waals surface area (Å²) in [6.07, 6.45) is 1.54. The summed E-state index contributed by atoms with van der Waals surface area (Å²) in [5.41, 5.74) is 7.08. The third kappa shape index (κ3) is 2.87. The highest BCUT2D eigenvalue weighted by atomic mass is 32.2. The van der Waals surface area contributed by atoms with Gasteiger partial charge in [-0.3, -0.25) is 0 Å². The van der Waals surface area contributed by atoms with Crippen molar-refractivity contribution < 1.29 is 18.3 Å². The quantitative estimate of drug-likeness (QED) is 0.713. The number of rotatable bonds is 3. The molecule has 1 unspecified atom stereocenters. The minimum absolute atomic E-state index is 0.00679. The van der Waals surface area contributed by atoms with Crippen LogP contribution in [0.3, 0.4) is 0 Å². The molecule has 0 spiro atoms. The predicted molar refractivity (Wildman–Crippen MR) is 72.9 cm³/mol. The molecule has 1 aromatic carbocycles. The number of carbonyl (C=O) groups is 1. The largest absolute Gasteiger partial charge is 0.478 e. The maximum absolute atomic E-state index is 11.3. The van der Waals surface area contributed by atoms with E-state index in [9.17, 15) is 13.2 Å². The van der Waals surface area contributed by atoms with Crippen molar-refractivity contribution in [1.29, 1.82) is 0 Å². The van der Waals surface area contributed by atoms with Crippen molar-refractivity contribution >= 4 is 27.2 Å². The van der Waals surface area contributed by atoms with Gasteiger partial charge in [0.2, 0.25) is 0 Å². The molecule has 0 aliphatic carbocycles. The average Bonchev–Trinajstić information content (AvgIpc) is 2.62. The molecule has 4 N–H and O–H groups in total. The third-order valence-corrected chi connectivity index (χ3v) is 4.29. The maximum Gasteiger partial charge on any atom is 0.337 e. The first-order valence-electron chi connectivity index (χ1n) is 5.59. The standard InChI is InChI=1S/C12H14N2O4S/c1-7-4-9(5-10(11(7)13)12(15)16)14-8-2-3-19(17,18)6-8/h2-5,8,14H,6,13H2,1H3,(H,15,16). The van der Waals surface area contributed by atoms with E-state index in [1.807, 2.05) is 0 Å². The number of nitrogens with two attached hydrogens (primary N) is 1. The Bertz CT molecular complexity index is 665. The molecule has 0 fully saturated rings. The molecule has 0 amide bonds. The van der Waals surface area contributed by atoms with E-state index < -0.39 is 15.8 Å². The predicted octanol–water partition coefficient (Wildman–Crippen LogP) is 0.998. The number of anilines is 2. The van der Waals surface area contributed by atoms with E-state index in [1.54, 1.807) is 19.1 Å². The van der Waals surface area contributed by atoms with Gasteiger partial charge in [-0.05, 0) is 24.6 Å². The van der Waals surface area contributed by atoms with Crippen LogP contribution in [0.5, 0.6) is 0 Å². The van der Waals surface area contributed by atoms with Crippen LogP contribution in [0.25, 0.3) is 0 Å². The summed E-state index contributed by atoms with van der Waals surface area (Å²) < 4.78 is 22.6. The number of nitrogen functional groups attached to an aromatic ring is 1. The number of benzene rings is 1. The molecule has 0 saturated heterocycles. The van der Waals surface area contributed by atoms with Gasteiger partial charge in [0.05, 0.1) is 17.4 Å². The lowest BCUT2D eigenvalue weighted by Gasteiger charge is -2.14. The highest BCUT2D eigenvalue weighted by molar-refractivity contribution is 7.94. The van der Waals surface area contributed by atoms with Crippen molar-refractivity contribution in [2.24, 2.45) is 0 Å². The third-order valence-electron chi connectivity index (χ3n) is 2.90. The Balaban J connectivity index is 2.27. The Hall–Kier alpha value is -2.02. The molecule has 2 rings (SSSR count). The molecule has 7 heteroatoms. The fraction of sp³-hybridized carbons (Fsp3) is 0.250. The number of carboxylic acids is 1. The van der Waals surface area contributed by atoms with Gasteiger partial charge in [-0.25, -0.2) is 13.2 Å². The molecular weight excluding hydrogens is 268 g/mol. The van der Waals surface area contributed by atoms with Gasteiger partial charge in [0.1, 0.15) is 0 Å². The summed E-state index contributed by atoms with van der Waals surface area (Å²) in [5, 5.41) is 13.2. The van der Waals surface area contributed by atoms with Crippen LogP contribution in [0.1, 0.15) is 15.9 Å². The second kappa shape index (κ2) is 4.58. The number of hydrogen-bond acceptors (Lipinski definition) is 5. The molecule has 1 heterocycles. The lowest BCUT2D eigenvalue weighted by atomic mass is 10.1. The van der Waals surface area contributed by atoms with E-state index in [2.05, 4.69) is 5.32 Å². The molecule has 1 aliphatic rings. The average molecular weight is 282 g/mol. The Labute approximate surface area is 110 Å². The van der Waals surface area contributed by atoms with Crippen LogP contribution in [0.15, 0.2) is 23.6 Å². The van der Waals surface area contributed by atoms with Crippen molar-refractivity contribution in [2.45, 2.75) is 13.0 Å². The van der Waals surface area contributed by atoms with Crippen LogP contribution in [-0.2, 0) is 9.84 Å². The van der Waals surface area contributed by atoms with E-state index in [4.69, 9.17) is 10.8 Å². The first kappa shape index (κ1) is 13.4. The van der Waals surface area contributed by atoms with Crippen molar-refractivity contribution in [1.82, 2.24) is 0 Å². The van der Waals surface area contributed by atoms with Crippen LogP contribution in [0, 0.1) is 6.92 Å². The molecule has 1 atom stereocenters. The number of sulfone groups is 1. The Morgan fingerprint density at radius 3 is 2.68 bits per heavy atom. The maximum atomic E-state index is 11.3. The minimum Gasteiger partial charge on any atom is -0.478 e. The van der Waals surface area contributed by atoms with Crippen LogP contribution in [-0.4, -0.2) is 31.3 Å². The summed E-state index contributed by atoms with van der Waals surface area (Å²) in [4.78, 5) is 11.0. The van der Waals surface area contributed by atoms with Gasteiger partial charge < -0.3 is 16.2 Å². The number of hydrogen-bond donors (Lipinski definition) is 3. The van der Waals surface area contributed by atoms with Gasteiger partial charge in [0.15, 0.2) is 9.84 Å². The lowest BCUT2D eigenvalue weighted by Crippen LogP contribution is -2.21. The van der Waals surface area contributed by atoms with Gasteiger partial charge in [-0.15, -0.1) is 0 Å². The zero-order chi connectivity index (χ0) is 14.2. The van der Waals surface area contributed by atoms with Crippen LogP contribution >= 0.6 is 0 Å². The van der Waals surface area contributed by atoms with E-state index in [-0.39, 0.29) is 23.0 Å². The molecule has 0 aromatic heterocycles. The molecule has 6 nitrogen and oxygen atoms in total. The Kier molecular flexibility index (Phi) is 3.23. The number of nitrogens with one attached hydrogen (secondary N) is 1. The number of aromatic carboxylic acids is 1. The van der Waals surface area contributed by atoms with E-state index in [1.165, 1.54) is 6.07 Å². The fourth-order valence-electron chi connectivity index (χ4n) is 1.94. The fourth-order valence-corrected chi connectivity index (χ4v) is 3.17. The van der Waals surface area contributed by atoms with Crippen LogP contribution < -0.4 is 11.1 Å². The molecule has 0 bridgehead atoms. The van der Waals surface area contributed by atoms with Crippen LogP contribution in [0.2, 0.25) is 0 Å². The van der Waals surface area contributed by atoms with E-state index in [0.29, 0.717) is 11.3 Å². The Morgan fingerprint density at radius 2 is 2.16 bits per heavy atom. The zero-order valence-electron chi connectivity index (χ0n) is 10.3. The normalized spacial score (nSPS) is 20.4. The minimum atomic E-state index is -3.14. The number of carboxylic acid groups (broad SMARTS) is 1. The molecule has 0 radical (unpaired) electrons. The van der Waals surface area contributed by atoms with Crippen molar-refractivity contribution in [3.05, 3.63) is 34.7 Å². The molecule has 0 saturated carbocycles. The molecule has 1 aromatic rings. The molecule has 1 aliphatic heterocycles. The second-order valence-corrected chi connectivity index (χ2v) is 6.40. The van der Waals surface area contributed by atoms with Crippen molar-refractivity contribution in [2.75, 3.05) is 16.8 Å². The van der Waals surface area contributed by atoms with Crippen molar-refractivity contribution in [3.63, 3.8) is 0 Å². The molecule has 19 heavy (non-hydrogen) atoms.